The van der Waals surface area contributed by atoms with Gasteiger partial charge in [-0.3, -0.25) is 4.79 Å². The van der Waals surface area contributed by atoms with Crippen LogP contribution in [0.4, 0.5) is 0 Å². The van der Waals surface area contributed by atoms with Crippen LogP contribution in [0.3, 0.4) is 0 Å². The smallest absolute Gasteiger partial charge is 0.303 e. The number of ether oxygens (including phenoxy) is 9. The second kappa shape index (κ2) is 16.9. The summed E-state index contributed by atoms with van der Waals surface area (Å²) in [5.74, 6) is -0.734. The van der Waals surface area contributed by atoms with Gasteiger partial charge in [0.05, 0.1) is 24.9 Å². The number of esters is 1. The SMILES string of the molecule is CCCO[C@@H]1O[C@@H](C)[C@H](O)[C@@H](O[C@@H]2O[C@@H](C)[C@H](O)[C@@H](O)[C@H]2O[C@@H]2O[C@@H](C)[C@H](O)[C@@H](O[C@H]3O[C@H](CO)[C@@H](O)[C@H](O)[C@H]3O)[C@H]2O)[C@H]1OC(C)=O. The van der Waals surface area contributed by atoms with Gasteiger partial charge in [0.2, 0.25) is 0 Å². The Morgan fingerprint density at radius 1 is 0.562 bits per heavy atom. The number of rotatable bonds is 11. The maximum atomic E-state index is 12.0. The molecule has 4 aliphatic rings. The average molecular weight is 703 g/mol. The van der Waals surface area contributed by atoms with Crippen molar-refractivity contribution in [3.05, 3.63) is 0 Å². The van der Waals surface area contributed by atoms with Gasteiger partial charge in [-0.1, -0.05) is 6.92 Å². The molecule has 19 nitrogen and oxygen atoms in total. The zero-order valence-electron chi connectivity index (χ0n) is 27.3. The number of aliphatic hydroxyl groups excluding tert-OH is 9. The Morgan fingerprint density at radius 3 is 1.69 bits per heavy atom. The molecule has 0 bridgehead atoms. The topological polar surface area (TPSA) is 282 Å². The third-order valence-corrected chi connectivity index (χ3v) is 8.84. The molecule has 4 rings (SSSR count). The molecule has 0 aromatic rings. The summed E-state index contributed by atoms with van der Waals surface area (Å²) >= 11 is 0. The number of carbonyl (C=O) groups excluding carboxylic acids is 1. The van der Waals surface area contributed by atoms with Gasteiger partial charge in [0.1, 0.15) is 73.2 Å². The molecule has 20 atom stereocenters. The van der Waals surface area contributed by atoms with E-state index in [-0.39, 0.29) is 6.61 Å². The third kappa shape index (κ3) is 8.45. The fourth-order valence-corrected chi connectivity index (χ4v) is 6.00. The van der Waals surface area contributed by atoms with Crippen molar-refractivity contribution < 1.29 is 93.4 Å². The monoisotopic (exact) mass is 702 g/mol. The average Bonchev–Trinajstić information content (AvgIpc) is 3.04. The Morgan fingerprint density at radius 2 is 1.08 bits per heavy atom. The first-order valence-electron chi connectivity index (χ1n) is 16.0. The predicted octanol–water partition coefficient (Wildman–Crippen LogP) is -4.66. The number of carbonyl (C=O) groups is 1. The van der Waals surface area contributed by atoms with Gasteiger partial charge in [-0.05, 0) is 27.2 Å². The summed E-state index contributed by atoms with van der Waals surface area (Å²) in [5, 5.41) is 95.2. The van der Waals surface area contributed by atoms with E-state index in [4.69, 9.17) is 42.6 Å². The Labute approximate surface area is 276 Å². The van der Waals surface area contributed by atoms with Crippen molar-refractivity contribution in [2.75, 3.05) is 13.2 Å². The summed E-state index contributed by atoms with van der Waals surface area (Å²) in [4.78, 5) is 12.0. The van der Waals surface area contributed by atoms with Crippen molar-refractivity contribution in [1.29, 1.82) is 0 Å². The summed E-state index contributed by atoms with van der Waals surface area (Å²) in [5.41, 5.74) is 0. The van der Waals surface area contributed by atoms with Gasteiger partial charge in [-0.25, -0.2) is 0 Å². The summed E-state index contributed by atoms with van der Waals surface area (Å²) in [7, 11) is 0. The lowest BCUT2D eigenvalue weighted by molar-refractivity contribution is -0.393. The Balaban J connectivity index is 1.57. The zero-order chi connectivity index (χ0) is 35.6. The summed E-state index contributed by atoms with van der Waals surface area (Å²) in [6.45, 7) is 6.84. The highest BCUT2D eigenvalue weighted by molar-refractivity contribution is 5.66. The van der Waals surface area contributed by atoms with E-state index in [9.17, 15) is 50.8 Å². The summed E-state index contributed by atoms with van der Waals surface area (Å²) < 4.78 is 51.4. The number of hydrogen-bond donors (Lipinski definition) is 9. The molecule has 0 aromatic carbocycles. The lowest BCUT2D eigenvalue weighted by Gasteiger charge is -2.49. The quantitative estimate of drug-likeness (QED) is 0.0915. The van der Waals surface area contributed by atoms with E-state index in [1.165, 1.54) is 13.8 Å². The first kappa shape index (κ1) is 39.6. The van der Waals surface area contributed by atoms with E-state index >= 15 is 0 Å². The lowest BCUT2D eigenvalue weighted by Crippen LogP contribution is -2.67. The Kier molecular flexibility index (Phi) is 13.9. The molecule has 4 heterocycles. The second-order valence-electron chi connectivity index (χ2n) is 12.5. The van der Waals surface area contributed by atoms with Crippen LogP contribution in [-0.4, -0.2) is 188 Å². The van der Waals surface area contributed by atoms with Crippen molar-refractivity contribution in [2.24, 2.45) is 0 Å². The van der Waals surface area contributed by atoms with Crippen molar-refractivity contribution in [2.45, 2.75) is 164 Å². The molecule has 19 heteroatoms. The molecule has 0 aliphatic carbocycles. The van der Waals surface area contributed by atoms with Crippen molar-refractivity contribution in [3.63, 3.8) is 0 Å². The highest BCUT2D eigenvalue weighted by Gasteiger charge is 2.55. The summed E-state index contributed by atoms with van der Waals surface area (Å²) in [6, 6.07) is 0. The molecule has 4 aliphatic heterocycles. The molecule has 280 valence electrons. The van der Waals surface area contributed by atoms with Gasteiger partial charge in [0, 0.05) is 13.5 Å². The van der Waals surface area contributed by atoms with E-state index in [2.05, 4.69) is 0 Å². The lowest BCUT2D eigenvalue weighted by atomic mass is 9.96. The molecule has 4 saturated heterocycles. The highest BCUT2D eigenvalue weighted by atomic mass is 16.8. The van der Waals surface area contributed by atoms with Crippen molar-refractivity contribution in [3.8, 4) is 0 Å². The van der Waals surface area contributed by atoms with Crippen LogP contribution in [0, 0.1) is 0 Å². The zero-order valence-corrected chi connectivity index (χ0v) is 27.3. The van der Waals surface area contributed by atoms with Gasteiger partial charge in [0.15, 0.2) is 31.3 Å². The molecule has 0 unspecified atom stereocenters. The van der Waals surface area contributed by atoms with Crippen LogP contribution in [0.1, 0.15) is 41.0 Å². The standard InChI is InChI=1S/C29H50O19/c1-6-7-40-28-25(44-12(5)31)23(16(34)11(4)42-28)47-29-24(19(37)14(32)9(2)43-29)48-27-21(39)22(15(33)10(3)41-27)46-26-20(38)18(36)17(35)13(8-30)45-26/h9-11,13-30,32-39H,6-8H2,1-5H3/t9-,10-,11-,13+,14-,15-,16-,17+,18-,19+,20+,21+,22+,23+,24+,25+,26+,27-,28+,29-/m0/s1. The van der Waals surface area contributed by atoms with E-state index < -0.39 is 135 Å². The first-order chi connectivity index (χ1) is 22.6. The Bertz CT molecular complexity index is 1020. The molecule has 0 aromatic heterocycles. The normalized spacial score (nSPS) is 50.2. The minimum absolute atomic E-state index is 0.221. The second-order valence-corrected chi connectivity index (χ2v) is 12.5. The van der Waals surface area contributed by atoms with Crippen molar-refractivity contribution in [1.82, 2.24) is 0 Å². The van der Waals surface area contributed by atoms with Crippen LogP contribution in [0.25, 0.3) is 0 Å². The molecule has 4 fully saturated rings. The third-order valence-electron chi connectivity index (χ3n) is 8.84. The van der Waals surface area contributed by atoms with Crippen LogP contribution in [0.5, 0.6) is 0 Å². The van der Waals surface area contributed by atoms with E-state index in [1.807, 2.05) is 6.92 Å². The predicted molar refractivity (Wildman–Crippen MR) is 153 cm³/mol. The van der Waals surface area contributed by atoms with E-state index in [1.54, 1.807) is 6.92 Å². The van der Waals surface area contributed by atoms with E-state index in [0.29, 0.717) is 6.42 Å². The number of aliphatic hydroxyl groups is 9. The van der Waals surface area contributed by atoms with Crippen molar-refractivity contribution >= 4 is 5.97 Å². The van der Waals surface area contributed by atoms with Gasteiger partial charge in [0.25, 0.3) is 0 Å². The maximum absolute atomic E-state index is 12.0. The summed E-state index contributed by atoms with van der Waals surface area (Å²) in [6.07, 6.45) is -29.5. The minimum Gasteiger partial charge on any atom is -0.454 e. The van der Waals surface area contributed by atoms with Crippen LogP contribution < -0.4 is 0 Å². The number of hydrogen-bond acceptors (Lipinski definition) is 19. The fraction of sp³-hybridized carbons (Fsp3) is 0.966. The van der Waals surface area contributed by atoms with Crippen LogP contribution >= 0.6 is 0 Å². The largest absolute Gasteiger partial charge is 0.454 e. The molecular weight excluding hydrogens is 652 g/mol. The molecule has 9 N–H and O–H groups in total. The van der Waals surface area contributed by atoms with Gasteiger partial charge in [-0.15, -0.1) is 0 Å². The minimum atomic E-state index is -1.89. The van der Waals surface area contributed by atoms with Crippen LogP contribution in [0.2, 0.25) is 0 Å². The fourth-order valence-electron chi connectivity index (χ4n) is 6.00. The van der Waals surface area contributed by atoms with Crippen LogP contribution in [0.15, 0.2) is 0 Å². The molecular formula is C29H50O19. The maximum Gasteiger partial charge on any atom is 0.303 e. The molecule has 48 heavy (non-hydrogen) atoms. The molecule has 0 spiro atoms. The van der Waals surface area contributed by atoms with E-state index in [0.717, 1.165) is 6.92 Å². The molecule has 0 radical (unpaired) electrons. The Hall–Kier alpha value is -1.21. The molecule has 0 saturated carbocycles. The van der Waals surface area contributed by atoms with Gasteiger partial charge < -0.3 is 88.6 Å². The highest BCUT2D eigenvalue weighted by Crippen LogP contribution is 2.35. The van der Waals surface area contributed by atoms with Crippen LogP contribution in [-0.2, 0) is 47.4 Å². The van der Waals surface area contributed by atoms with Gasteiger partial charge in [-0.2, -0.15) is 0 Å². The first-order valence-corrected chi connectivity index (χ1v) is 16.0. The molecule has 0 amide bonds. The van der Waals surface area contributed by atoms with Gasteiger partial charge >= 0.3 is 5.97 Å².